The molecule has 1 heterocycles. The van der Waals surface area contributed by atoms with Crippen molar-refractivity contribution in [1.82, 2.24) is 15.5 Å². The predicted octanol–water partition coefficient (Wildman–Crippen LogP) is 0.585. The largest absolute Gasteiger partial charge is 0.348 e. The summed E-state index contributed by atoms with van der Waals surface area (Å²) in [6.07, 6.45) is 6.46. The Morgan fingerprint density at radius 3 is 2.76 bits per heavy atom. The minimum absolute atomic E-state index is 0.176. The Kier molecular flexibility index (Phi) is 4.40. The number of hydrogen-bond acceptors (Lipinski definition) is 3. The molecule has 0 spiro atoms. The molecule has 0 bridgehead atoms. The summed E-state index contributed by atoms with van der Waals surface area (Å²) in [5.41, 5.74) is 0. The summed E-state index contributed by atoms with van der Waals surface area (Å²) in [6.45, 7) is 1.66. The third-order valence-corrected chi connectivity index (χ3v) is 4.20. The highest BCUT2D eigenvalue weighted by Crippen LogP contribution is 2.31. The van der Waals surface area contributed by atoms with Crippen LogP contribution in [0.2, 0.25) is 0 Å². The fourth-order valence-electron chi connectivity index (χ4n) is 3.18. The molecule has 2 aliphatic rings. The first-order chi connectivity index (χ1) is 8.18. The number of nitrogens with one attached hydrogen (secondary N) is 2. The zero-order valence-electron chi connectivity index (χ0n) is 11.0. The van der Waals surface area contributed by atoms with Gasteiger partial charge in [0.15, 0.2) is 0 Å². The zero-order valence-corrected chi connectivity index (χ0v) is 11.0. The van der Waals surface area contributed by atoms with Gasteiger partial charge in [-0.25, -0.2) is 0 Å². The Morgan fingerprint density at radius 1 is 1.29 bits per heavy atom. The second-order valence-electron chi connectivity index (χ2n) is 5.57. The van der Waals surface area contributed by atoms with Gasteiger partial charge in [-0.2, -0.15) is 0 Å². The third-order valence-electron chi connectivity index (χ3n) is 4.20. The predicted molar refractivity (Wildman–Crippen MR) is 68.9 cm³/mol. The zero-order chi connectivity index (χ0) is 12.3. The van der Waals surface area contributed by atoms with E-state index in [0.29, 0.717) is 18.6 Å². The van der Waals surface area contributed by atoms with Gasteiger partial charge in [0.25, 0.3) is 0 Å². The van der Waals surface area contributed by atoms with Crippen molar-refractivity contribution in [2.45, 2.75) is 44.2 Å². The van der Waals surface area contributed by atoms with Gasteiger partial charge in [0.05, 0.1) is 6.54 Å². The molecular weight excluding hydrogens is 214 g/mol. The molecule has 1 saturated heterocycles. The smallest absolute Gasteiger partial charge is 0.236 e. The van der Waals surface area contributed by atoms with Crippen LogP contribution in [0.3, 0.4) is 0 Å². The Bertz CT molecular complexity index is 261. The Morgan fingerprint density at radius 2 is 2.12 bits per heavy atom. The molecule has 0 aromatic carbocycles. The lowest BCUT2D eigenvalue weighted by atomic mass is 9.93. The first-order valence-corrected chi connectivity index (χ1v) is 6.85. The van der Waals surface area contributed by atoms with Gasteiger partial charge in [0, 0.05) is 26.2 Å². The van der Waals surface area contributed by atoms with Gasteiger partial charge >= 0.3 is 0 Å². The molecule has 2 fully saturated rings. The molecule has 0 radical (unpaired) electrons. The van der Waals surface area contributed by atoms with E-state index >= 15 is 0 Å². The summed E-state index contributed by atoms with van der Waals surface area (Å²) < 4.78 is 0. The number of carbonyl (C=O) groups excluding carboxylic acids is 1. The number of nitrogens with zero attached hydrogens (tertiary/aromatic N) is 1. The normalized spacial score (nSPS) is 32.9. The molecule has 4 nitrogen and oxygen atoms in total. The second kappa shape index (κ2) is 5.83. The molecule has 1 aliphatic heterocycles. The van der Waals surface area contributed by atoms with Crippen molar-refractivity contribution < 1.29 is 4.79 Å². The quantitative estimate of drug-likeness (QED) is 0.754. The Hall–Kier alpha value is -0.610. The van der Waals surface area contributed by atoms with E-state index in [1.165, 1.54) is 38.6 Å². The summed E-state index contributed by atoms with van der Waals surface area (Å²) in [5.74, 6) is 0.905. The van der Waals surface area contributed by atoms with E-state index in [9.17, 15) is 4.79 Å². The summed E-state index contributed by atoms with van der Waals surface area (Å²) in [7, 11) is 3.63. The summed E-state index contributed by atoms with van der Waals surface area (Å²) >= 11 is 0. The third kappa shape index (κ3) is 3.19. The van der Waals surface area contributed by atoms with Crippen LogP contribution in [0.25, 0.3) is 0 Å². The lowest BCUT2D eigenvalue weighted by Crippen LogP contribution is -2.45. The first kappa shape index (κ1) is 12.8. The average Bonchev–Trinajstić information content (AvgIpc) is 2.95. The van der Waals surface area contributed by atoms with Crippen LogP contribution in [0.1, 0.15) is 32.1 Å². The summed E-state index contributed by atoms with van der Waals surface area (Å²) in [6, 6.07) is 1.22. The Balaban J connectivity index is 1.80. The number of likely N-dealkylation sites (N-methyl/N-ethyl adjacent to an activating group) is 1. The molecule has 0 aromatic heterocycles. The first-order valence-electron chi connectivity index (χ1n) is 6.85. The van der Waals surface area contributed by atoms with Crippen LogP contribution in [0.15, 0.2) is 0 Å². The molecule has 2 N–H and O–H groups in total. The van der Waals surface area contributed by atoms with E-state index in [4.69, 9.17) is 0 Å². The van der Waals surface area contributed by atoms with E-state index in [2.05, 4.69) is 10.6 Å². The number of amides is 1. The van der Waals surface area contributed by atoms with Crippen LogP contribution in [0.4, 0.5) is 0 Å². The van der Waals surface area contributed by atoms with Gasteiger partial charge in [0.1, 0.15) is 0 Å². The van der Waals surface area contributed by atoms with Gasteiger partial charge in [-0.15, -0.1) is 0 Å². The summed E-state index contributed by atoms with van der Waals surface area (Å²) in [5, 5.41) is 7.06. The average molecular weight is 239 g/mol. The van der Waals surface area contributed by atoms with Crippen molar-refractivity contribution in [3.8, 4) is 0 Å². The van der Waals surface area contributed by atoms with Crippen LogP contribution in [0, 0.1) is 5.92 Å². The highest BCUT2D eigenvalue weighted by Gasteiger charge is 2.34. The molecule has 4 heteroatoms. The molecular formula is C13H25N3O. The van der Waals surface area contributed by atoms with E-state index < -0.39 is 0 Å². The fraction of sp³-hybridized carbons (Fsp3) is 0.923. The van der Waals surface area contributed by atoms with E-state index in [-0.39, 0.29) is 5.91 Å². The van der Waals surface area contributed by atoms with E-state index in [1.807, 2.05) is 14.1 Å². The van der Waals surface area contributed by atoms with Crippen molar-refractivity contribution in [2.24, 2.45) is 5.92 Å². The second-order valence-corrected chi connectivity index (χ2v) is 5.57. The highest BCUT2D eigenvalue weighted by molar-refractivity contribution is 5.77. The van der Waals surface area contributed by atoms with Gasteiger partial charge < -0.3 is 15.5 Å². The van der Waals surface area contributed by atoms with Gasteiger partial charge in [-0.3, -0.25) is 4.79 Å². The molecule has 1 amide bonds. The van der Waals surface area contributed by atoms with Gasteiger partial charge in [-0.1, -0.05) is 6.42 Å². The molecule has 1 aliphatic carbocycles. The van der Waals surface area contributed by atoms with Crippen molar-refractivity contribution in [3.63, 3.8) is 0 Å². The van der Waals surface area contributed by atoms with Crippen LogP contribution >= 0.6 is 0 Å². The number of carbonyl (C=O) groups is 1. The minimum Gasteiger partial charge on any atom is -0.348 e. The van der Waals surface area contributed by atoms with Crippen LogP contribution in [-0.4, -0.2) is 50.1 Å². The topological polar surface area (TPSA) is 44.4 Å². The SMILES string of the molecule is CN(C)C(=O)CNC1CCCC1C1CCCN1. The lowest BCUT2D eigenvalue weighted by Gasteiger charge is -2.27. The molecule has 0 aromatic rings. The van der Waals surface area contributed by atoms with E-state index in [1.54, 1.807) is 4.90 Å². The fourth-order valence-corrected chi connectivity index (χ4v) is 3.18. The van der Waals surface area contributed by atoms with E-state index in [0.717, 1.165) is 5.92 Å². The van der Waals surface area contributed by atoms with Crippen LogP contribution in [0.5, 0.6) is 0 Å². The number of rotatable bonds is 4. The molecule has 98 valence electrons. The van der Waals surface area contributed by atoms with Crippen molar-refractivity contribution in [2.75, 3.05) is 27.2 Å². The number of hydrogen-bond donors (Lipinski definition) is 2. The van der Waals surface area contributed by atoms with Crippen LogP contribution < -0.4 is 10.6 Å². The molecule has 17 heavy (non-hydrogen) atoms. The monoisotopic (exact) mass is 239 g/mol. The Labute approximate surface area is 104 Å². The van der Waals surface area contributed by atoms with Gasteiger partial charge in [0.2, 0.25) is 5.91 Å². The molecule has 2 rings (SSSR count). The minimum atomic E-state index is 0.176. The molecule has 3 unspecified atom stereocenters. The van der Waals surface area contributed by atoms with Crippen molar-refractivity contribution in [1.29, 1.82) is 0 Å². The van der Waals surface area contributed by atoms with Crippen molar-refractivity contribution in [3.05, 3.63) is 0 Å². The maximum atomic E-state index is 11.6. The molecule has 1 saturated carbocycles. The summed E-state index contributed by atoms with van der Waals surface area (Å²) in [4.78, 5) is 13.2. The van der Waals surface area contributed by atoms with Crippen LogP contribution in [-0.2, 0) is 4.79 Å². The molecule has 3 atom stereocenters. The van der Waals surface area contributed by atoms with Crippen molar-refractivity contribution >= 4 is 5.91 Å². The standard InChI is InChI=1S/C13H25N3O/c1-16(2)13(17)9-15-12-6-3-5-10(12)11-7-4-8-14-11/h10-12,14-15H,3-9H2,1-2H3. The lowest BCUT2D eigenvalue weighted by molar-refractivity contribution is -0.127. The maximum absolute atomic E-state index is 11.6. The highest BCUT2D eigenvalue weighted by atomic mass is 16.2. The van der Waals surface area contributed by atoms with Gasteiger partial charge in [-0.05, 0) is 38.1 Å². The maximum Gasteiger partial charge on any atom is 0.236 e.